The number of rotatable bonds is 42. The SMILES string of the molecule is CC/C=C\CCCCOC(CCC(=O)OCC(COC(=O)CCCCCCC/C=C\C/C=C\CCCCC)COC(=O)OCC1CCCN(CCCO)C1)OCCCC/C=C\CC. The number of aliphatic hydroxyl groups excluding tert-OH is 1. The molecule has 1 saturated heterocycles. The lowest BCUT2D eigenvalue weighted by atomic mass is 9.99. The Kier molecular flexibility index (Phi) is 40.7. The van der Waals surface area contributed by atoms with Crippen molar-refractivity contribution in [2.45, 2.75) is 188 Å². The monoisotopic (exact) mass is 890 g/mol. The molecule has 2 atom stereocenters. The van der Waals surface area contributed by atoms with Crippen LogP contribution in [0.15, 0.2) is 48.6 Å². The largest absolute Gasteiger partial charge is 0.508 e. The van der Waals surface area contributed by atoms with Crippen LogP contribution in [0.25, 0.3) is 0 Å². The standard InChI is InChI=1S/C52H91NO10/c1-4-7-10-13-16-17-18-19-20-21-22-23-24-25-28-34-49(55)60-44-48(46-63-52(57)62-43-47-33-31-37-53(42-47)38-32-39-54)45-61-50(56)35-36-51(58-40-29-26-14-11-8-5-2)59-41-30-27-15-12-9-6-3/h8-9,11-12,16-17,19-20,47-48,51,54H,4-7,10,13-15,18,21-46H2,1-3H3/b11-8-,12-9-,17-16-,20-19-. The van der Waals surface area contributed by atoms with Gasteiger partial charge in [-0.15, -0.1) is 0 Å². The molecule has 0 aliphatic carbocycles. The first-order chi connectivity index (χ1) is 30.9. The summed E-state index contributed by atoms with van der Waals surface area (Å²) in [6.07, 6.45) is 40.0. The number of hydrogen-bond donors (Lipinski definition) is 1. The Balaban J connectivity index is 2.60. The first kappa shape index (κ1) is 58.0. The molecule has 1 fully saturated rings. The summed E-state index contributed by atoms with van der Waals surface area (Å²) in [5, 5.41) is 9.19. The molecule has 0 aromatic rings. The maximum atomic E-state index is 13.0. The highest BCUT2D eigenvalue weighted by Gasteiger charge is 2.23. The second kappa shape index (κ2) is 44.2. The lowest BCUT2D eigenvalue weighted by Crippen LogP contribution is -2.38. The van der Waals surface area contributed by atoms with Gasteiger partial charge in [0, 0.05) is 51.7 Å². The second-order valence-corrected chi connectivity index (χ2v) is 16.9. The van der Waals surface area contributed by atoms with Crippen LogP contribution in [-0.2, 0) is 38.0 Å². The molecule has 1 aliphatic rings. The van der Waals surface area contributed by atoms with E-state index in [1.165, 1.54) is 25.7 Å². The molecule has 1 rings (SSSR count). The maximum Gasteiger partial charge on any atom is 0.508 e. The van der Waals surface area contributed by atoms with E-state index in [4.69, 9.17) is 28.4 Å². The highest BCUT2D eigenvalue weighted by molar-refractivity contribution is 5.69. The van der Waals surface area contributed by atoms with Crippen LogP contribution in [0.1, 0.15) is 181 Å². The van der Waals surface area contributed by atoms with Crippen molar-refractivity contribution in [3.63, 3.8) is 0 Å². The van der Waals surface area contributed by atoms with Crippen LogP contribution in [0.5, 0.6) is 0 Å². The normalized spacial score (nSPS) is 15.3. The van der Waals surface area contributed by atoms with Crippen molar-refractivity contribution < 1.29 is 47.9 Å². The van der Waals surface area contributed by atoms with Gasteiger partial charge in [-0.2, -0.15) is 0 Å². The molecule has 0 spiro atoms. The molecule has 0 radical (unpaired) electrons. The van der Waals surface area contributed by atoms with E-state index < -0.39 is 24.3 Å². The van der Waals surface area contributed by atoms with Gasteiger partial charge >= 0.3 is 18.1 Å². The second-order valence-electron chi connectivity index (χ2n) is 16.9. The number of nitrogens with zero attached hydrogens (tertiary/aromatic N) is 1. The molecule has 0 bridgehead atoms. The summed E-state index contributed by atoms with van der Waals surface area (Å²) in [5.41, 5.74) is 0. The maximum absolute atomic E-state index is 13.0. The third-order valence-corrected chi connectivity index (χ3v) is 10.9. The van der Waals surface area contributed by atoms with Crippen LogP contribution in [0, 0.1) is 11.8 Å². The molecular formula is C52H91NO10. The van der Waals surface area contributed by atoms with E-state index in [1.807, 2.05) is 0 Å². The molecule has 1 aliphatic heterocycles. The van der Waals surface area contributed by atoms with Crippen molar-refractivity contribution in [2.24, 2.45) is 11.8 Å². The fourth-order valence-corrected chi connectivity index (χ4v) is 7.17. The quantitative estimate of drug-likeness (QED) is 0.0207. The Morgan fingerprint density at radius 3 is 1.79 bits per heavy atom. The molecule has 1 N–H and O–H groups in total. The van der Waals surface area contributed by atoms with Crippen LogP contribution in [0.2, 0.25) is 0 Å². The van der Waals surface area contributed by atoms with Gasteiger partial charge in [0.05, 0.1) is 18.9 Å². The minimum atomic E-state index is -0.796. The average Bonchev–Trinajstić information content (AvgIpc) is 3.29. The Hall–Kier alpha value is -2.99. The summed E-state index contributed by atoms with van der Waals surface area (Å²) in [5.74, 6) is -1.10. The molecule has 0 saturated carbocycles. The number of hydrogen-bond acceptors (Lipinski definition) is 11. The molecule has 0 amide bonds. The number of unbranched alkanes of at least 4 members (excludes halogenated alkanes) is 12. The molecule has 0 aromatic carbocycles. The molecule has 2 unspecified atom stereocenters. The Morgan fingerprint density at radius 1 is 0.619 bits per heavy atom. The van der Waals surface area contributed by atoms with E-state index in [2.05, 4.69) is 74.3 Å². The summed E-state index contributed by atoms with van der Waals surface area (Å²) in [6, 6.07) is 0. The van der Waals surface area contributed by atoms with Crippen molar-refractivity contribution in [3.8, 4) is 0 Å². The van der Waals surface area contributed by atoms with E-state index >= 15 is 0 Å². The van der Waals surface area contributed by atoms with Crippen LogP contribution >= 0.6 is 0 Å². The van der Waals surface area contributed by atoms with Gasteiger partial charge in [0.1, 0.15) is 19.8 Å². The highest BCUT2D eigenvalue weighted by Crippen LogP contribution is 2.18. The first-order valence-corrected chi connectivity index (χ1v) is 25.2. The lowest BCUT2D eigenvalue weighted by molar-refractivity contribution is -0.161. The van der Waals surface area contributed by atoms with Gasteiger partial charge in [0.15, 0.2) is 6.29 Å². The third-order valence-electron chi connectivity index (χ3n) is 10.9. The highest BCUT2D eigenvalue weighted by atomic mass is 16.7. The van der Waals surface area contributed by atoms with Gasteiger partial charge in [-0.1, -0.05) is 101 Å². The van der Waals surface area contributed by atoms with Crippen LogP contribution in [0.4, 0.5) is 4.79 Å². The zero-order valence-electron chi connectivity index (χ0n) is 40.2. The summed E-state index contributed by atoms with van der Waals surface area (Å²) in [7, 11) is 0. The van der Waals surface area contributed by atoms with E-state index in [0.29, 0.717) is 26.1 Å². The van der Waals surface area contributed by atoms with Crippen molar-refractivity contribution in [1.82, 2.24) is 4.90 Å². The third kappa shape index (κ3) is 38.0. The van der Waals surface area contributed by atoms with Crippen molar-refractivity contribution in [2.75, 3.05) is 65.9 Å². The molecule has 11 heteroatoms. The van der Waals surface area contributed by atoms with Crippen molar-refractivity contribution in [1.29, 1.82) is 0 Å². The van der Waals surface area contributed by atoms with Gasteiger partial charge in [-0.05, 0) is 116 Å². The van der Waals surface area contributed by atoms with Gasteiger partial charge < -0.3 is 38.4 Å². The molecule has 0 aromatic heterocycles. The van der Waals surface area contributed by atoms with Crippen LogP contribution < -0.4 is 0 Å². The van der Waals surface area contributed by atoms with Gasteiger partial charge in [-0.3, -0.25) is 9.59 Å². The summed E-state index contributed by atoms with van der Waals surface area (Å²) >= 11 is 0. The fourth-order valence-electron chi connectivity index (χ4n) is 7.17. The molecular weight excluding hydrogens is 799 g/mol. The number of carbonyl (C=O) groups is 3. The predicted molar refractivity (Wildman–Crippen MR) is 254 cm³/mol. The van der Waals surface area contributed by atoms with Crippen molar-refractivity contribution >= 4 is 18.1 Å². The Morgan fingerprint density at radius 2 is 1.17 bits per heavy atom. The number of carbonyl (C=O) groups excluding carboxylic acids is 3. The van der Waals surface area contributed by atoms with Gasteiger partial charge in [0.25, 0.3) is 0 Å². The van der Waals surface area contributed by atoms with E-state index in [1.54, 1.807) is 0 Å². The predicted octanol–water partition coefficient (Wildman–Crippen LogP) is 12.2. The minimum absolute atomic E-state index is 0.0438. The molecule has 1 heterocycles. The first-order valence-electron chi connectivity index (χ1n) is 25.2. The lowest BCUT2D eigenvalue weighted by Gasteiger charge is -2.32. The zero-order chi connectivity index (χ0) is 45.7. The summed E-state index contributed by atoms with van der Waals surface area (Å²) in [6.45, 7) is 10.4. The number of esters is 2. The molecule has 364 valence electrons. The van der Waals surface area contributed by atoms with Crippen LogP contribution in [-0.4, -0.2) is 100 Å². The zero-order valence-corrected chi connectivity index (χ0v) is 40.2. The molecule has 63 heavy (non-hydrogen) atoms. The fraction of sp³-hybridized carbons (Fsp3) is 0.788. The van der Waals surface area contributed by atoms with E-state index in [-0.39, 0.29) is 51.3 Å². The molecule has 11 nitrogen and oxygen atoms in total. The number of piperidine rings is 1. The Bertz CT molecular complexity index is 1180. The topological polar surface area (TPSA) is 130 Å². The number of aliphatic hydroxyl groups is 1. The summed E-state index contributed by atoms with van der Waals surface area (Å²) in [4.78, 5) is 40.7. The Labute approximate surface area is 383 Å². The smallest absolute Gasteiger partial charge is 0.465 e. The number of ether oxygens (including phenoxy) is 6. The van der Waals surface area contributed by atoms with Gasteiger partial charge in [-0.25, -0.2) is 4.79 Å². The minimum Gasteiger partial charge on any atom is -0.465 e. The van der Waals surface area contributed by atoms with Gasteiger partial charge in [0.2, 0.25) is 0 Å². The van der Waals surface area contributed by atoms with Crippen molar-refractivity contribution in [3.05, 3.63) is 48.6 Å². The summed E-state index contributed by atoms with van der Waals surface area (Å²) < 4.78 is 34.3. The number of allylic oxidation sites excluding steroid dienone is 8. The average molecular weight is 890 g/mol. The van der Waals surface area contributed by atoms with E-state index in [0.717, 1.165) is 135 Å². The van der Waals surface area contributed by atoms with Crippen LogP contribution in [0.3, 0.4) is 0 Å². The van der Waals surface area contributed by atoms with E-state index in [9.17, 15) is 19.5 Å². The number of likely N-dealkylation sites (tertiary alicyclic amines) is 1.